The van der Waals surface area contributed by atoms with Crippen LogP contribution in [-0.2, 0) is 0 Å². The summed E-state index contributed by atoms with van der Waals surface area (Å²) in [6.07, 6.45) is 3.78. The lowest BCUT2D eigenvalue weighted by molar-refractivity contribution is 0.0444. The van der Waals surface area contributed by atoms with Gasteiger partial charge in [0.25, 0.3) is 0 Å². The molecule has 1 aromatic heterocycles. The third-order valence-corrected chi connectivity index (χ3v) is 6.34. The number of hydrogen-bond donors (Lipinski definition) is 1. The van der Waals surface area contributed by atoms with Crippen LogP contribution in [0.15, 0.2) is 9.85 Å². The van der Waals surface area contributed by atoms with Crippen LogP contribution in [0, 0.1) is 12.3 Å². The number of aryl methyl sites for hydroxylation is 1. The second kappa shape index (κ2) is 5.64. The summed E-state index contributed by atoms with van der Waals surface area (Å²) < 4.78 is 1.28. The fourth-order valence-electron chi connectivity index (χ4n) is 3.27. The molecule has 0 aliphatic heterocycles. The fourth-order valence-corrected chi connectivity index (χ4v) is 5.04. The highest BCUT2D eigenvalue weighted by Gasteiger charge is 2.50. The monoisotopic (exact) mass is 329 g/mol. The average molecular weight is 330 g/mol. The third-order valence-electron chi connectivity index (χ3n) is 4.77. The van der Waals surface area contributed by atoms with Gasteiger partial charge in [0, 0.05) is 10.9 Å². The van der Waals surface area contributed by atoms with Gasteiger partial charge in [0.2, 0.25) is 0 Å². The number of halogens is 1. The van der Waals surface area contributed by atoms with Crippen LogP contribution in [0.3, 0.4) is 0 Å². The third kappa shape index (κ3) is 2.41. The predicted octanol–water partition coefficient (Wildman–Crippen LogP) is 5.09. The van der Waals surface area contributed by atoms with Gasteiger partial charge in [-0.05, 0) is 71.6 Å². The van der Waals surface area contributed by atoms with Gasteiger partial charge in [0.1, 0.15) is 0 Å². The molecule has 1 nitrogen and oxygen atoms in total. The molecule has 0 radical (unpaired) electrons. The first-order chi connectivity index (χ1) is 8.52. The lowest BCUT2D eigenvalue weighted by Gasteiger charge is -2.55. The molecule has 18 heavy (non-hydrogen) atoms. The quantitative estimate of drug-likeness (QED) is 0.793. The van der Waals surface area contributed by atoms with Crippen molar-refractivity contribution in [2.24, 2.45) is 5.41 Å². The summed E-state index contributed by atoms with van der Waals surface area (Å²) in [5.74, 6) is 0.736. The normalized spacial score (nSPS) is 31.4. The minimum absolute atomic E-state index is 0.431. The van der Waals surface area contributed by atoms with Gasteiger partial charge in [-0.1, -0.05) is 20.8 Å². The first-order valence-electron chi connectivity index (χ1n) is 7.02. The van der Waals surface area contributed by atoms with Crippen molar-refractivity contribution in [3.05, 3.63) is 20.3 Å². The molecule has 2 rings (SSSR count). The Morgan fingerprint density at radius 3 is 2.72 bits per heavy atom. The average Bonchev–Trinajstić information content (AvgIpc) is 2.66. The molecule has 1 aliphatic carbocycles. The second-order valence-electron chi connectivity index (χ2n) is 5.72. The number of nitrogens with one attached hydrogen (secondary N) is 1. The SMILES string of the molecule is CCCNC1CC(c2cc(Br)sc2C)C1(C)CC. The van der Waals surface area contributed by atoms with Crippen LogP contribution in [0.4, 0.5) is 0 Å². The zero-order valence-corrected chi connectivity index (χ0v) is 14.2. The standard InChI is InChI=1S/C15H24BrNS/c1-5-7-17-13-9-12(15(13,4)6-2)11-8-14(16)18-10(11)3/h8,12-13,17H,5-7,9H2,1-4H3. The zero-order chi connectivity index (χ0) is 13.3. The minimum atomic E-state index is 0.431. The van der Waals surface area contributed by atoms with Crippen molar-refractivity contribution in [3.63, 3.8) is 0 Å². The summed E-state index contributed by atoms with van der Waals surface area (Å²) in [6, 6.07) is 3.04. The molecule has 0 spiro atoms. The van der Waals surface area contributed by atoms with E-state index in [1.54, 1.807) is 5.56 Å². The molecule has 1 N–H and O–H groups in total. The summed E-state index contributed by atoms with van der Waals surface area (Å²) in [7, 11) is 0. The van der Waals surface area contributed by atoms with Gasteiger partial charge in [-0.2, -0.15) is 0 Å². The van der Waals surface area contributed by atoms with Gasteiger partial charge in [-0.25, -0.2) is 0 Å². The van der Waals surface area contributed by atoms with Crippen LogP contribution in [0.2, 0.25) is 0 Å². The molecular formula is C15H24BrNS. The molecule has 3 unspecified atom stereocenters. The van der Waals surface area contributed by atoms with E-state index in [4.69, 9.17) is 0 Å². The molecule has 0 saturated heterocycles. The van der Waals surface area contributed by atoms with Gasteiger partial charge < -0.3 is 5.32 Å². The highest BCUT2D eigenvalue weighted by molar-refractivity contribution is 9.11. The first kappa shape index (κ1) is 14.5. The van der Waals surface area contributed by atoms with Crippen LogP contribution < -0.4 is 5.32 Å². The van der Waals surface area contributed by atoms with E-state index >= 15 is 0 Å². The largest absolute Gasteiger partial charge is 0.313 e. The highest BCUT2D eigenvalue weighted by atomic mass is 79.9. The molecule has 0 aromatic carbocycles. The molecule has 1 aliphatic rings. The van der Waals surface area contributed by atoms with Crippen LogP contribution in [0.25, 0.3) is 0 Å². The van der Waals surface area contributed by atoms with E-state index in [1.165, 1.54) is 27.9 Å². The van der Waals surface area contributed by atoms with Gasteiger partial charge in [0.05, 0.1) is 3.79 Å². The van der Waals surface area contributed by atoms with E-state index in [9.17, 15) is 0 Å². The summed E-state index contributed by atoms with van der Waals surface area (Å²) in [5.41, 5.74) is 2.01. The molecule has 3 atom stereocenters. The van der Waals surface area contributed by atoms with Crippen LogP contribution in [-0.4, -0.2) is 12.6 Å². The summed E-state index contributed by atoms with van der Waals surface area (Å²) in [5, 5.41) is 3.73. The Labute approximate surface area is 123 Å². The Morgan fingerprint density at radius 1 is 1.50 bits per heavy atom. The van der Waals surface area contributed by atoms with Crippen molar-refractivity contribution in [2.45, 2.75) is 58.9 Å². The molecule has 1 aromatic rings. The van der Waals surface area contributed by atoms with E-state index in [0.717, 1.165) is 12.5 Å². The predicted molar refractivity (Wildman–Crippen MR) is 84.6 cm³/mol. The topological polar surface area (TPSA) is 12.0 Å². The second-order valence-corrected chi connectivity index (χ2v) is 8.35. The number of thiophene rings is 1. The number of hydrogen-bond acceptors (Lipinski definition) is 2. The van der Waals surface area contributed by atoms with E-state index in [2.05, 4.69) is 55.0 Å². The maximum atomic E-state index is 3.73. The van der Waals surface area contributed by atoms with Crippen LogP contribution in [0.5, 0.6) is 0 Å². The van der Waals surface area contributed by atoms with Crippen molar-refractivity contribution in [1.82, 2.24) is 5.32 Å². The Bertz CT molecular complexity index is 415. The van der Waals surface area contributed by atoms with Crippen molar-refractivity contribution < 1.29 is 0 Å². The zero-order valence-electron chi connectivity index (χ0n) is 11.8. The molecule has 1 fully saturated rings. The van der Waals surface area contributed by atoms with Gasteiger partial charge >= 0.3 is 0 Å². The smallest absolute Gasteiger partial charge is 0.0704 e. The van der Waals surface area contributed by atoms with Gasteiger partial charge in [0.15, 0.2) is 0 Å². The molecule has 102 valence electrons. The maximum absolute atomic E-state index is 3.73. The Balaban J connectivity index is 2.14. The van der Waals surface area contributed by atoms with Crippen molar-refractivity contribution >= 4 is 27.3 Å². The highest BCUT2D eigenvalue weighted by Crippen LogP contribution is 2.56. The van der Waals surface area contributed by atoms with E-state index in [0.29, 0.717) is 11.5 Å². The lowest BCUT2D eigenvalue weighted by atomic mass is 9.54. The Hall–Kier alpha value is 0.140. The minimum Gasteiger partial charge on any atom is -0.313 e. The summed E-state index contributed by atoms with van der Waals surface area (Å²) >= 11 is 5.50. The van der Waals surface area contributed by atoms with Crippen LogP contribution in [0.1, 0.15) is 56.4 Å². The molecular weight excluding hydrogens is 306 g/mol. The van der Waals surface area contributed by atoms with Crippen molar-refractivity contribution in [3.8, 4) is 0 Å². The maximum Gasteiger partial charge on any atom is 0.0704 e. The van der Waals surface area contributed by atoms with Crippen LogP contribution >= 0.6 is 27.3 Å². The van der Waals surface area contributed by atoms with Gasteiger partial charge in [-0.3, -0.25) is 0 Å². The molecule has 1 heterocycles. The van der Waals surface area contributed by atoms with Crippen molar-refractivity contribution in [2.75, 3.05) is 6.54 Å². The van der Waals surface area contributed by atoms with Crippen molar-refractivity contribution in [1.29, 1.82) is 0 Å². The molecule has 0 bridgehead atoms. The summed E-state index contributed by atoms with van der Waals surface area (Å²) in [6.45, 7) is 10.4. The molecule has 1 saturated carbocycles. The van der Waals surface area contributed by atoms with E-state index < -0.39 is 0 Å². The van der Waals surface area contributed by atoms with Gasteiger partial charge in [-0.15, -0.1) is 11.3 Å². The van der Waals surface area contributed by atoms with E-state index in [1.807, 2.05) is 11.3 Å². The Morgan fingerprint density at radius 2 is 2.22 bits per heavy atom. The summed E-state index contributed by atoms with van der Waals surface area (Å²) in [4.78, 5) is 1.49. The molecule has 3 heteroatoms. The fraction of sp³-hybridized carbons (Fsp3) is 0.733. The number of rotatable bonds is 5. The first-order valence-corrected chi connectivity index (χ1v) is 8.63. The van der Waals surface area contributed by atoms with E-state index in [-0.39, 0.29) is 0 Å². The Kier molecular flexibility index (Phi) is 4.56. The molecule has 0 amide bonds. The lowest BCUT2D eigenvalue weighted by Crippen LogP contribution is -2.56.